The molecule has 1 saturated heterocycles. The fourth-order valence-electron chi connectivity index (χ4n) is 3.97. The van der Waals surface area contributed by atoms with Gasteiger partial charge in [0.15, 0.2) is 0 Å². The van der Waals surface area contributed by atoms with E-state index in [9.17, 15) is 0 Å². The van der Waals surface area contributed by atoms with E-state index in [0.29, 0.717) is 6.61 Å². The standard InChI is InChI=1S/C21H25N3O/c1-16-11-17(12-18-13-23-24-20(16)18)14-25-15-21(7-9-22-10-8-21)19-5-3-2-4-6-19/h2-6,11-13,22H,7-10,14-15H2,1H3,(H,23,24). The van der Waals surface area contributed by atoms with Crippen molar-refractivity contribution in [2.75, 3.05) is 19.7 Å². The van der Waals surface area contributed by atoms with Crippen LogP contribution in [0.15, 0.2) is 48.7 Å². The Labute approximate surface area is 148 Å². The summed E-state index contributed by atoms with van der Waals surface area (Å²) in [5, 5.41) is 11.8. The maximum atomic E-state index is 6.24. The average molecular weight is 335 g/mol. The molecule has 0 bridgehead atoms. The molecule has 0 saturated carbocycles. The van der Waals surface area contributed by atoms with Crippen LogP contribution < -0.4 is 5.32 Å². The van der Waals surface area contributed by atoms with E-state index >= 15 is 0 Å². The zero-order valence-electron chi connectivity index (χ0n) is 14.7. The van der Waals surface area contributed by atoms with Gasteiger partial charge in [0.2, 0.25) is 0 Å². The van der Waals surface area contributed by atoms with Crippen molar-refractivity contribution in [3.63, 3.8) is 0 Å². The summed E-state index contributed by atoms with van der Waals surface area (Å²) < 4.78 is 6.24. The molecular weight excluding hydrogens is 310 g/mol. The number of nitrogens with zero attached hydrogens (tertiary/aromatic N) is 1. The zero-order chi connectivity index (χ0) is 17.1. The molecule has 3 aromatic rings. The molecule has 4 nitrogen and oxygen atoms in total. The quantitative estimate of drug-likeness (QED) is 0.747. The second-order valence-electron chi connectivity index (χ2n) is 7.14. The lowest BCUT2D eigenvalue weighted by Crippen LogP contribution is -2.43. The first kappa shape index (κ1) is 16.3. The molecule has 1 aliphatic rings. The summed E-state index contributed by atoms with van der Waals surface area (Å²) in [5.74, 6) is 0. The molecule has 2 aromatic carbocycles. The minimum Gasteiger partial charge on any atom is -0.376 e. The molecule has 1 aliphatic heterocycles. The lowest BCUT2D eigenvalue weighted by Gasteiger charge is -2.38. The number of aryl methyl sites for hydroxylation is 1. The van der Waals surface area contributed by atoms with Gasteiger partial charge in [-0.2, -0.15) is 5.10 Å². The van der Waals surface area contributed by atoms with Crippen LogP contribution in [0.3, 0.4) is 0 Å². The molecule has 4 heteroatoms. The summed E-state index contributed by atoms with van der Waals surface area (Å²) in [5.41, 5.74) is 5.07. The Kier molecular flexibility index (Phi) is 4.55. The van der Waals surface area contributed by atoms with Gasteiger partial charge < -0.3 is 10.1 Å². The van der Waals surface area contributed by atoms with Crippen LogP contribution in [0.5, 0.6) is 0 Å². The predicted octanol–water partition coefficient (Wildman–Crippen LogP) is 3.71. The monoisotopic (exact) mass is 335 g/mol. The Balaban J connectivity index is 1.49. The van der Waals surface area contributed by atoms with Crippen molar-refractivity contribution < 1.29 is 4.74 Å². The molecule has 25 heavy (non-hydrogen) atoms. The van der Waals surface area contributed by atoms with Crippen molar-refractivity contribution in [3.8, 4) is 0 Å². The van der Waals surface area contributed by atoms with Crippen LogP contribution in [0.2, 0.25) is 0 Å². The number of nitrogens with one attached hydrogen (secondary N) is 2. The smallest absolute Gasteiger partial charge is 0.0717 e. The summed E-state index contributed by atoms with van der Waals surface area (Å²) in [6, 6.07) is 15.2. The van der Waals surface area contributed by atoms with E-state index in [1.165, 1.54) is 16.7 Å². The van der Waals surface area contributed by atoms with E-state index < -0.39 is 0 Å². The highest BCUT2D eigenvalue weighted by atomic mass is 16.5. The van der Waals surface area contributed by atoms with Gasteiger partial charge in [-0.05, 0) is 55.6 Å². The number of ether oxygens (including phenoxy) is 1. The fourth-order valence-corrected chi connectivity index (χ4v) is 3.97. The number of hydrogen-bond acceptors (Lipinski definition) is 3. The maximum Gasteiger partial charge on any atom is 0.0717 e. The second-order valence-corrected chi connectivity index (χ2v) is 7.14. The average Bonchev–Trinajstić information content (AvgIpc) is 3.13. The second kappa shape index (κ2) is 6.98. The Hall–Kier alpha value is -2.17. The van der Waals surface area contributed by atoms with Crippen LogP contribution in [0.25, 0.3) is 10.9 Å². The van der Waals surface area contributed by atoms with E-state index in [2.05, 4.69) is 64.9 Å². The van der Waals surface area contributed by atoms with Gasteiger partial charge in [0, 0.05) is 10.8 Å². The van der Waals surface area contributed by atoms with E-state index in [0.717, 1.165) is 43.4 Å². The third kappa shape index (κ3) is 3.32. The number of rotatable bonds is 5. The Morgan fingerprint density at radius 1 is 1.12 bits per heavy atom. The minimum atomic E-state index is 0.126. The number of aromatic amines is 1. The number of piperidine rings is 1. The van der Waals surface area contributed by atoms with E-state index in [1.54, 1.807) is 0 Å². The number of benzene rings is 2. The lowest BCUT2D eigenvalue weighted by molar-refractivity contribution is 0.0565. The van der Waals surface area contributed by atoms with Gasteiger partial charge in [0.05, 0.1) is 24.9 Å². The van der Waals surface area contributed by atoms with Gasteiger partial charge in [-0.1, -0.05) is 36.4 Å². The van der Waals surface area contributed by atoms with Crippen LogP contribution in [-0.4, -0.2) is 29.9 Å². The molecule has 0 radical (unpaired) electrons. The van der Waals surface area contributed by atoms with Crippen LogP contribution in [-0.2, 0) is 16.8 Å². The van der Waals surface area contributed by atoms with Gasteiger partial charge in [-0.15, -0.1) is 0 Å². The van der Waals surface area contributed by atoms with Crippen LogP contribution >= 0.6 is 0 Å². The molecule has 0 amide bonds. The summed E-state index contributed by atoms with van der Waals surface area (Å²) in [6.45, 7) is 5.63. The van der Waals surface area contributed by atoms with Crippen molar-refractivity contribution in [2.24, 2.45) is 0 Å². The zero-order valence-corrected chi connectivity index (χ0v) is 14.7. The highest BCUT2D eigenvalue weighted by Gasteiger charge is 2.34. The Bertz CT molecular complexity index is 835. The SMILES string of the molecule is Cc1cc(COCC2(c3ccccc3)CCNCC2)cc2cn[nH]c12. The van der Waals surface area contributed by atoms with Crippen molar-refractivity contribution in [1.82, 2.24) is 15.5 Å². The van der Waals surface area contributed by atoms with Crippen molar-refractivity contribution >= 4 is 10.9 Å². The van der Waals surface area contributed by atoms with E-state index in [-0.39, 0.29) is 5.41 Å². The predicted molar refractivity (Wildman–Crippen MR) is 101 cm³/mol. The number of hydrogen-bond donors (Lipinski definition) is 2. The van der Waals surface area contributed by atoms with Gasteiger partial charge in [0.25, 0.3) is 0 Å². The molecule has 2 heterocycles. The number of fused-ring (bicyclic) bond motifs is 1. The summed E-state index contributed by atoms with van der Waals surface area (Å²) in [7, 11) is 0. The molecular formula is C21H25N3O. The topological polar surface area (TPSA) is 49.9 Å². The van der Waals surface area contributed by atoms with Crippen molar-refractivity contribution in [2.45, 2.75) is 31.8 Å². The lowest BCUT2D eigenvalue weighted by atomic mass is 9.74. The molecule has 1 aromatic heterocycles. The maximum absolute atomic E-state index is 6.24. The largest absolute Gasteiger partial charge is 0.376 e. The van der Waals surface area contributed by atoms with E-state index in [4.69, 9.17) is 4.74 Å². The highest BCUT2D eigenvalue weighted by molar-refractivity contribution is 5.81. The first-order chi connectivity index (χ1) is 12.3. The van der Waals surface area contributed by atoms with Crippen LogP contribution in [0, 0.1) is 6.92 Å². The molecule has 130 valence electrons. The van der Waals surface area contributed by atoms with Crippen LogP contribution in [0.1, 0.15) is 29.5 Å². The van der Waals surface area contributed by atoms with Crippen LogP contribution in [0.4, 0.5) is 0 Å². The summed E-state index contributed by atoms with van der Waals surface area (Å²) >= 11 is 0. The molecule has 0 atom stereocenters. The molecule has 0 unspecified atom stereocenters. The Morgan fingerprint density at radius 2 is 1.92 bits per heavy atom. The van der Waals surface area contributed by atoms with E-state index in [1.807, 2.05) is 6.20 Å². The first-order valence-corrected chi connectivity index (χ1v) is 9.03. The van der Waals surface area contributed by atoms with Crippen molar-refractivity contribution in [3.05, 3.63) is 65.4 Å². The molecule has 0 spiro atoms. The van der Waals surface area contributed by atoms with Gasteiger partial charge >= 0.3 is 0 Å². The summed E-state index contributed by atoms with van der Waals surface area (Å²) in [4.78, 5) is 0. The molecule has 4 rings (SSSR count). The normalized spacial score (nSPS) is 17.0. The Morgan fingerprint density at radius 3 is 2.72 bits per heavy atom. The minimum absolute atomic E-state index is 0.126. The third-order valence-corrected chi connectivity index (χ3v) is 5.40. The highest BCUT2D eigenvalue weighted by Crippen LogP contribution is 2.34. The molecule has 0 aliphatic carbocycles. The molecule has 2 N–H and O–H groups in total. The third-order valence-electron chi connectivity index (χ3n) is 5.40. The van der Waals surface area contributed by atoms with Gasteiger partial charge in [-0.3, -0.25) is 5.10 Å². The fraction of sp³-hybridized carbons (Fsp3) is 0.381. The number of aromatic nitrogens is 2. The van der Waals surface area contributed by atoms with Crippen molar-refractivity contribution in [1.29, 1.82) is 0 Å². The first-order valence-electron chi connectivity index (χ1n) is 9.03. The van der Waals surface area contributed by atoms with Gasteiger partial charge in [-0.25, -0.2) is 0 Å². The summed E-state index contributed by atoms with van der Waals surface area (Å²) in [6.07, 6.45) is 4.12. The number of H-pyrrole nitrogens is 1. The molecule has 1 fully saturated rings. The van der Waals surface area contributed by atoms with Gasteiger partial charge in [0.1, 0.15) is 0 Å².